The van der Waals surface area contributed by atoms with Gasteiger partial charge in [-0.25, -0.2) is 9.78 Å². The average molecular weight is 358 g/mol. The van der Waals surface area contributed by atoms with Crippen molar-refractivity contribution < 1.29 is 14.3 Å². The van der Waals surface area contributed by atoms with Crippen LogP contribution in [0.5, 0.6) is 0 Å². The lowest BCUT2D eigenvalue weighted by atomic mass is 10.1. The molecule has 0 aliphatic heterocycles. The Hall–Kier alpha value is -2.38. The second kappa shape index (κ2) is 7.46. The minimum absolute atomic E-state index is 0.394. The lowest BCUT2D eigenvalue weighted by Crippen LogP contribution is -2.20. The number of carbonyl (C=O) groups excluding carboxylic acids is 2. The number of nitrogens with zero attached hydrogens (tertiary/aromatic N) is 1. The summed E-state index contributed by atoms with van der Waals surface area (Å²) in [4.78, 5) is 26.9. The van der Waals surface area contributed by atoms with Gasteiger partial charge in [0, 0.05) is 5.75 Å². The average Bonchev–Trinajstić information content (AvgIpc) is 3.01. The zero-order chi connectivity index (χ0) is 16.9. The Bertz CT molecular complexity index is 842. The van der Waals surface area contributed by atoms with Crippen LogP contribution in [0.1, 0.15) is 15.9 Å². The predicted octanol–water partition coefficient (Wildman–Crippen LogP) is 3.23. The molecular formula is C17H14N2O3S2. The van der Waals surface area contributed by atoms with Crippen LogP contribution in [0.15, 0.2) is 52.9 Å². The van der Waals surface area contributed by atoms with E-state index in [1.54, 1.807) is 35.2 Å². The van der Waals surface area contributed by atoms with Crippen LogP contribution in [-0.4, -0.2) is 23.5 Å². The van der Waals surface area contributed by atoms with Crippen molar-refractivity contribution in [3.8, 4) is 0 Å². The predicted molar refractivity (Wildman–Crippen MR) is 95.1 cm³/mol. The molecule has 0 aliphatic carbocycles. The molecule has 0 saturated heterocycles. The third-order valence-corrected chi connectivity index (χ3v) is 5.42. The number of amides is 1. The molecule has 1 amide bonds. The first-order chi connectivity index (χ1) is 11.6. The van der Waals surface area contributed by atoms with E-state index in [2.05, 4.69) is 11.1 Å². The standard InChI is InChI=1S/C17H14N2O3S2/c18-15(20)9-22-16(21)12-7-5-11(6-8-12)10-23-17-19-13-3-1-2-4-14(13)24-17/h1-8H,9-10H2,(H2,18,20). The summed E-state index contributed by atoms with van der Waals surface area (Å²) in [5.74, 6) is -0.470. The first-order valence-electron chi connectivity index (χ1n) is 7.14. The number of esters is 1. The van der Waals surface area contributed by atoms with Crippen molar-refractivity contribution in [1.29, 1.82) is 0 Å². The zero-order valence-corrected chi connectivity index (χ0v) is 14.2. The minimum Gasteiger partial charge on any atom is -0.452 e. The Kier molecular flexibility index (Phi) is 5.12. The molecule has 2 aromatic carbocycles. The van der Waals surface area contributed by atoms with E-state index in [-0.39, 0.29) is 0 Å². The van der Waals surface area contributed by atoms with Gasteiger partial charge in [0.15, 0.2) is 10.9 Å². The molecule has 122 valence electrons. The van der Waals surface area contributed by atoms with E-state index >= 15 is 0 Å². The molecule has 0 atom stereocenters. The number of para-hydroxylation sites is 1. The molecule has 1 heterocycles. The van der Waals surface area contributed by atoms with E-state index < -0.39 is 18.5 Å². The van der Waals surface area contributed by atoms with Gasteiger partial charge in [-0.3, -0.25) is 4.79 Å². The summed E-state index contributed by atoms with van der Waals surface area (Å²) in [6.45, 7) is -0.409. The Morgan fingerprint density at radius 2 is 1.88 bits per heavy atom. The van der Waals surface area contributed by atoms with Gasteiger partial charge in [-0.2, -0.15) is 0 Å². The molecule has 5 nitrogen and oxygen atoms in total. The molecule has 0 bridgehead atoms. The monoisotopic (exact) mass is 358 g/mol. The third-order valence-electron chi connectivity index (χ3n) is 3.17. The quantitative estimate of drug-likeness (QED) is 0.540. The molecule has 0 saturated carbocycles. The first kappa shape index (κ1) is 16.5. The van der Waals surface area contributed by atoms with Gasteiger partial charge in [0.05, 0.1) is 15.8 Å². The fourth-order valence-corrected chi connectivity index (χ4v) is 4.04. The summed E-state index contributed by atoms with van der Waals surface area (Å²) < 4.78 is 6.95. The number of fused-ring (bicyclic) bond motifs is 1. The number of ether oxygens (including phenoxy) is 1. The molecule has 0 radical (unpaired) electrons. The van der Waals surface area contributed by atoms with Gasteiger partial charge < -0.3 is 10.5 Å². The molecular weight excluding hydrogens is 344 g/mol. The molecule has 2 N–H and O–H groups in total. The second-order valence-corrected chi connectivity index (χ2v) is 7.23. The van der Waals surface area contributed by atoms with Crippen molar-refractivity contribution in [3.05, 3.63) is 59.7 Å². The summed E-state index contributed by atoms with van der Waals surface area (Å²) in [7, 11) is 0. The number of aromatic nitrogens is 1. The molecule has 7 heteroatoms. The molecule has 0 unspecified atom stereocenters. The van der Waals surface area contributed by atoms with Gasteiger partial charge in [-0.05, 0) is 29.8 Å². The topological polar surface area (TPSA) is 82.3 Å². The number of rotatable bonds is 6. The van der Waals surface area contributed by atoms with Crippen molar-refractivity contribution >= 4 is 45.2 Å². The first-order valence-corrected chi connectivity index (χ1v) is 8.95. The Morgan fingerprint density at radius 3 is 2.58 bits per heavy atom. The lowest BCUT2D eigenvalue weighted by Gasteiger charge is -2.04. The third kappa shape index (κ3) is 4.12. The fraction of sp³-hybridized carbons (Fsp3) is 0.118. The number of carbonyl (C=O) groups is 2. The smallest absolute Gasteiger partial charge is 0.338 e. The van der Waals surface area contributed by atoms with Crippen LogP contribution in [-0.2, 0) is 15.3 Å². The Morgan fingerprint density at radius 1 is 1.12 bits per heavy atom. The summed E-state index contributed by atoms with van der Waals surface area (Å²) in [6.07, 6.45) is 0. The fourth-order valence-electron chi connectivity index (χ4n) is 2.01. The Labute approximate surface area is 146 Å². The van der Waals surface area contributed by atoms with E-state index in [0.717, 1.165) is 21.2 Å². The highest BCUT2D eigenvalue weighted by atomic mass is 32.2. The maximum atomic E-state index is 11.7. The minimum atomic E-state index is -0.674. The summed E-state index contributed by atoms with van der Waals surface area (Å²) in [5, 5.41) is 0. The van der Waals surface area contributed by atoms with Crippen LogP contribution in [0.2, 0.25) is 0 Å². The summed E-state index contributed by atoms with van der Waals surface area (Å²) in [6, 6.07) is 15.1. The normalized spacial score (nSPS) is 10.7. The maximum Gasteiger partial charge on any atom is 0.338 e. The maximum absolute atomic E-state index is 11.7. The highest BCUT2D eigenvalue weighted by molar-refractivity contribution is 8.00. The lowest BCUT2D eigenvalue weighted by molar-refractivity contribution is -0.121. The molecule has 3 aromatic rings. The number of nitrogens with two attached hydrogens (primary N) is 1. The van der Waals surface area contributed by atoms with Crippen molar-refractivity contribution in [2.24, 2.45) is 5.73 Å². The Balaban J connectivity index is 1.59. The van der Waals surface area contributed by atoms with Crippen LogP contribution in [0.25, 0.3) is 10.2 Å². The van der Waals surface area contributed by atoms with Crippen LogP contribution in [0, 0.1) is 0 Å². The van der Waals surface area contributed by atoms with Crippen LogP contribution >= 0.6 is 23.1 Å². The van der Waals surface area contributed by atoms with Gasteiger partial charge in [-0.1, -0.05) is 36.0 Å². The van der Waals surface area contributed by atoms with Gasteiger partial charge in [0.1, 0.15) is 0 Å². The van der Waals surface area contributed by atoms with E-state index in [1.807, 2.05) is 30.3 Å². The highest BCUT2D eigenvalue weighted by Gasteiger charge is 2.09. The molecule has 1 aromatic heterocycles. The number of thiazole rings is 1. The van der Waals surface area contributed by atoms with E-state index in [4.69, 9.17) is 10.5 Å². The molecule has 0 spiro atoms. The van der Waals surface area contributed by atoms with E-state index in [1.165, 1.54) is 4.70 Å². The molecule has 24 heavy (non-hydrogen) atoms. The van der Waals surface area contributed by atoms with Crippen molar-refractivity contribution in [1.82, 2.24) is 4.98 Å². The van der Waals surface area contributed by atoms with Crippen LogP contribution in [0.4, 0.5) is 0 Å². The molecule has 0 aliphatic rings. The van der Waals surface area contributed by atoms with Crippen molar-refractivity contribution in [2.75, 3.05) is 6.61 Å². The molecule has 0 fully saturated rings. The van der Waals surface area contributed by atoms with Crippen LogP contribution < -0.4 is 5.73 Å². The number of primary amides is 1. The van der Waals surface area contributed by atoms with E-state index in [0.29, 0.717) is 5.56 Å². The van der Waals surface area contributed by atoms with Crippen molar-refractivity contribution in [3.63, 3.8) is 0 Å². The highest BCUT2D eigenvalue weighted by Crippen LogP contribution is 2.31. The number of benzene rings is 2. The van der Waals surface area contributed by atoms with Gasteiger partial charge >= 0.3 is 5.97 Å². The van der Waals surface area contributed by atoms with Gasteiger partial charge in [0.25, 0.3) is 5.91 Å². The van der Waals surface area contributed by atoms with E-state index in [9.17, 15) is 9.59 Å². The number of hydrogen-bond donors (Lipinski definition) is 1. The van der Waals surface area contributed by atoms with Crippen molar-refractivity contribution in [2.45, 2.75) is 10.1 Å². The van der Waals surface area contributed by atoms with Gasteiger partial charge in [-0.15, -0.1) is 11.3 Å². The summed E-state index contributed by atoms with van der Waals surface area (Å²) in [5.41, 5.74) is 7.42. The second-order valence-electron chi connectivity index (χ2n) is 4.98. The molecule has 3 rings (SSSR count). The van der Waals surface area contributed by atoms with Crippen LogP contribution in [0.3, 0.4) is 0 Å². The largest absolute Gasteiger partial charge is 0.452 e. The number of hydrogen-bond acceptors (Lipinski definition) is 6. The number of thioether (sulfide) groups is 1. The summed E-state index contributed by atoms with van der Waals surface area (Å²) >= 11 is 3.33. The SMILES string of the molecule is NC(=O)COC(=O)c1ccc(CSc2nc3ccccc3s2)cc1. The van der Waals surface area contributed by atoms with Gasteiger partial charge in [0.2, 0.25) is 0 Å². The zero-order valence-electron chi connectivity index (χ0n) is 12.6.